The molecule has 3 heteroatoms. The van der Waals surface area contributed by atoms with Crippen LogP contribution in [-0.2, 0) is 12.8 Å². The van der Waals surface area contributed by atoms with Crippen LogP contribution < -0.4 is 0 Å². The molecule has 2 rings (SSSR count). The van der Waals surface area contributed by atoms with Crippen molar-refractivity contribution in [3.05, 3.63) is 64.9 Å². The fraction of sp³-hybridized carbons (Fsp3) is 0.214. The van der Waals surface area contributed by atoms with Gasteiger partial charge in [-0.25, -0.2) is 0 Å². The number of rotatable bonds is 4. The summed E-state index contributed by atoms with van der Waals surface area (Å²) in [6, 6.07) is 13.3. The van der Waals surface area contributed by atoms with E-state index in [-0.39, 0.29) is 0 Å². The molecule has 1 heterocycles. The Morgan fingerprint density at radius 1 is 1.06 bits per heavy atom. The molecule has 0 spiro atoms. The van der Waals surface area contributed by atoms with Crippen molar-refractivity contribution >= 4 is 11.6 Å². The summed E-state index contributed by atoms with van der Waals surface area (Å²) in [4.78, 5) is 4.19. The number of aromatic nitrogens is 1. The van der Waals surface area contributed by atoms with E-state index in [1.54, 1.807) is 6.20 Å². The molecule has 1 atom stereocenters. The number of hydrogen-bond acceptors (Lipinski definition) is 2. The van der Waals surface area contributed by atoms with Gasteiger partial charge in [-0.15, -0.1) is 0 Å². The number of aliphatic hydroxyl groups excluding tert-OH is 1. The topological polar surface area (TPSA) is 33.1 Å². The van der Waals surface area contributed by atoms with E-state index >= 15 is 0 Å². The monoisotopic (exact) mass is 247 g/mol. The second-order valence-corrected chi connectivity index (χ2v) is 4.38. The summed E-state index contributed by atoms with van der Waals surface area (Å²) in [5.41, 5.74) is 1.87. The van der Waals surface area contributed by atoms with Crippen LogP contribution in [0.2, 0.25) is 5.02 Å². The van der Waals surface area contributed by atoms with Gasteiger partial charge in [0, 0.05) is 29.8 Å². The lowest BCUT2D eigenvalue weighted by molar-refractivity contribution is 0.174. The first kappa shape index (κ1) is 12.1. The third-order valence-corrected chi connectivity index (χ3v) is 2.95. The Hall–Kier alpha value is -1.38. The summed E-state index contributed by atoms with van der Waals surface area (Å²) < 4.78 is 0. The van der Waals surface area contributed by atoms with Gasteiger partial charge in [0.15, 0.2) is 0 Å². The molecule has 0 aliphatic carbocycles. The van der Waals surface area contributed by atoms with Crippen LogP contribution in [0.15, 0.2) is 48.7 Å². The molecule has 1 aromatic carbocycles. The van der Waals surface area contributed by atoms with Gasteiger partial charge in [0.2, 0.25) is 0 Å². The molecular weight excluding hydrogens is 234 g/mol. The van der Waals surface area contributed by atoms with Gasteiger partial charge in [0.25, 0.3) is 0 Å². The maximum absolute atomic E-state index is 9.98. The van der Waals surface area contributed by atoms with Crippen LogP contribution in [0.4, 0.5) is 0 Å². The lowest BCUT2D eigenvalue weighted by Crippen LogP contribution is -2.14. The highest BCUT2D eigenvalue weighted by atomic mass is 35.5. The molecule has 0 amide bonds. The zero-order chi connectivity index (χ0) is 12.1. The van der Waals surface area contributed by atoms with Crippen LogP contribution >= 0.6 is 11.6 Å². The van der Waals surface area contributed by atoms with Crippen molar-refractivity contribution in [3.63, 3.8) is 0 Å². The number of pyridine rings is 1. The Balaban J connectivity index is 1.98. The summed E-state index contributed by atoms with van der Waals surface area (Å²) >= 11 is 6.04. The smallest absolute Gasteiger partial charge is 0.0636 e. The van der Waals surface area contributed by atoms with Crippen LogP contribution in [0, 0.1) is 0 Å². The minimum absolute atomic E-state index is 0.454. The predicted octanol–water partition coefficient (Wildman–Crippen LogP) is 2.88. The first-order valence-electron chi connectivity index (χ1n) is 5.57. The minimum atomic E-state index is -0.454. The van der Waals surface area contributed by atoms with Crippen molar-refractivity contribution < 1.29 is 5.11 Å². The quantitative estimate of drug-likeness (QED) is 0.901. The van der Waals surface area contributed by atoms with Gasteiger partial charge < -0.3 is 5.11 Å². The number of halogens is 1. The number of aliphatic hydroxyl groups is 1. The molecule has 1 aromatic heterocycles. The van der Waals surface area contributed by atoms with E-state index in [4.69, 9.17) is 11.6 Å². The van der Waals surface area contributed by atoms with Gasteiger partial charge in [0.05, 0.1) is 6.10 Å². The van der Waals surface area contributed by atoms with Gasteiger partial charge in [-0.1, -0.05) is 35.9 Å². The van der Waals surface area contributed by atoms with Crippen LogP contribution in [0.1, 0.15) is 11.3 Å². The second-order valence-electron chi connectivity index (χ2n) is 3.97. The highest BCUT2D eigenvalue weighted by Crippen LogP contribution is 2.17. The van der Waals surface area contributed by atoms with Gasteiger partial charge in [-0.2, -0.15) is 0 Å². The molecule has 0 aliphatic heterocycles. The van der Waals surface area contributed by atoms with Gasteiger partial charge in [-0.05, 0) is 23.8 Å². The Labute approximate surface area is 106 Å². The van der Waals surface area contributed by atoms with E-state index in [1.165, 1.54) is 0 Å². The van der Waals surface area contributed by atoms with E-state index in [0.717, 1.165) is 11.3 Å². The Morgan fingerprint density at radius 2 is 1.82 bits per heavy atom. The lowest BCUT2D eigenvalue weighted by Gasteiger charge is -2.11. The van der Waals surface area contributed by atoms with E-state index in [0.29, 0.717) is 17.9 Å². The SMILES string of the molecule is OC(Cc1ccccn1)Cc1ccccc1Cl. The molecule has 0 saturated heterocycles. The molecular formula is C14H14ClNO. The summed E-state index contributed by atoms with van der Waals surface area (Å²) in [5, 5.41) is 10.7. The number of hydrogen-bond donors (Lipinski definition) is 1. The molecule has 2 nitrogen and oxygen atoms in total. The summed E-state index contributed by atoms with van der Waals surface area (Å²) in [6.07, 6.45) is 2.38. The molecule has 1 unspecified atom stereocenters. The molecule has 0 aliphatic rings. The maximum Gasteiger partial charge on any atom is 0.0636 e. The second kappa shape index (κ2) is 5.80. The van der Waals surface area contributed by atoms with E-state index in [9.17, 15) is 5.11 Å². The predicted molar refractivity (Wildman–Crippen MR) is 69.1 cm³/mol. The molecule has 0 fully saturated rings. The Morgan fingerprint density at radius 3 is 2.53 bits per heavy atom. The van der Waals surface area contributed by atoms with Crippen LogP contribution in [0.3, 0.4) is 0 Å². The van der Waals surface area contributed by atoms with Crippen molar-refractivity contribution in [2.24, 2.45) is 0 Å². The highest BCUT2D eigenvalue weighted by molar-refractivity contribution is 6.31. The molecule has 88 valence electrons. The fourth-order valence-corrected chi connectivity index (χ4v) is 1.96. The fourth-order valence-electron chi connectivity index (χ4n) is 1.75. The van der Waals surface area contributed by atoms with Crippen LogP contribution in [-0.4, -0.2) is 16.2 Å². The summed E-state index contributed by atoms with van der Waals surface area (Å²) in [6.45, 7) is 0. The van der Waals surface area contributed by atoms with Crippen molar-refractivity contribution in [2.75, 3.05) is 0 Å². The number of nitrogens with zero attached hydrogens (tertiary/aromatic N) is 1. The minimum Gasteiger partial charge on any atom is -0.392 e. The molecule has 0 saturated carbocycles. The van der Waals surface area contributed by atoms with E-state index in [2.05, 4.69) is 4.98 Å². The zero-order valence-corrected chi connectivity index (χ0v) is 10.1. The van der Waals surface area contributed by atoms with Crippen LogP contribution in [0.25, 0.3) is 0 Å². The molecule has 2 aromatic rings. The summed E-state index contributed by atoms with van der Waals surface area (Å²) in [7, 11) is 0. The normalized spacial score (nSPS) is 12.4. The average Bonchev–Trinajstić information content (AvgIpc) is 2.33. The first-order chi connectivity index (χ1) is 8.25. The third kappa shape index (κ3) is 3.55. The van der Waals surface area contributed by atoms with Crippen molar-refractivity contribution in [2.45, 2.75) is 18.9 Å². The molecule has 0 radical (unpaired) electrons. The lowest BCUT2D eigenvalue weighted by atomic mass is 10.0. The first-order valence-corrected chi connectivity index (χ1v) is 5.95. The largest absolute Gasteiger partial charge is 0.392 e. The molecule has 0 bridgehead atoms. The van der Waals surface area contributed by atoms with E-state index < -0.39 is 6.10 Å². The van der Waals surface area contributed by atoms with Crippen molar-refractivity contribution in [1.29, 1.82) is 0 Å². The van der Waals surface area contributed by atoms with Gasteiger partial charge in [0.1, 0.15) is 0 Å². The van der Waals surface area contributed by atoms with E-state index in [1.807, 2.05) is 42.5 Å². The maximum atomic E-state index is 9.98. The Bertz CT molecular complexity index is 473. The highest BCUT2D eigenvalue weighted by Gasteiger charge is 2.09. The van der Waals surface area contributed by atoms with Gasteiger partial charge >= 0.3 is 0 Å². The summed E-state index contributed by atoms with van der Waals surface area (Å²) in [5.74, 6) is 0. The van der Waals surface area contributed by atoms with Crippen molar-refractivity contribution in [1.82, 2.24) is 4.98 Å². The third-order valence-electron chi connectivity index (χ3n) is 2.58. The van der Waals surface area contributed by atoms with Crippen LogP contribution in [0.5, 0.6) is 0 Å². The Kier molecular flexibility index (Phi) is 4.13. The zero-order valence-electron chi connectivity index (χ0n) is 9.38. The molecule has 1 N–H and O–H groups in total. The van der Waals surface area contributed by atoms with Crippen molar-refractivity contribution in [3.8, 4) is 0 Å². The number of benzene rings is 1. The molecule has 17 heavy (non-hydrogen) atoms. The average molecular weight is 248 g/mol. The van der Waals surface area contributed by atoms with Gasteiger partial charge in [-0.3, -0.25) is 4.98 Å². The standard InChI is InChI=1S/C14H14ClNO/c15-14-7-2-1-5-11(14)9-13(17)10-12-6-3-4-8-16-12/h1-8,13,17H,9-10H2.